The summed E-state index contributed by atoms with van der Waals surface area (Å²) < 4.78 is 5.21. The zero-order chi connectivity index (χ0) is 8.69. The molecule has 0 N–H and O–H groups in total. The Bertz CT molecular complexity index is 134. The second-order valence-corrected chi connectivity index (χ2v) is 3.20. The summed E-state index contributed by atoms with van der Waals surface area (Å²) in [6.45, 7) is 10.8. The minimum absolute atomic E-state index is 0.716. The van der Waals surface area contributed by atoms with Crippen LogP contribution >= 0.6 is 0 Å². The van der Waals surface area contributed by atoms with Gasteiger partial charge < -0.3 is 4.74 Å². The second-order valence-electron chi connectivity index (χ2n) is 3.20. The van der Waals surface area contributed by atoms with Gasteiger partial charge in [0, 0.05) is 0 Å². The molecule has 0 aliphatic heterocycles. The first kappa shape index (κ1) is 10.3. The van der Waals surface area contributed by atoms with Gasteiger partial charge in [0.25, 0.3) is 0 Å². The Hall–Kier alpha value is -0.720. The van der Waals surface area contributed by atoms with E-state index in [4.69, 9.17) is 4.74 Å². The van der Waals surface area contributed by atoms with Gasteiger partial charge in [0.05, 0.1) is 12.9 Å². The van der Waals surface area contributed by atoms with Crippen LogP contribution in [0.2, 0.25) is 0 Å². The molecule has 0 radical (unpaired) electrons. The molecule has 0 atom stereocenters. The van der Waals surface area contributed by atoms with Gasteiger partial charge in [-0.25, -0.2) is 0 Å². The topological polar surface area (TPSA) is 9.23 Å². The predicted molar refractivity (Wildman–Crippen MR) is 49.4 cm³/mol. The molecule has 64 valence electrons. The summed E-state index contributed by atoms with van der Waals surface area (Å²) in [6, 6.07) is 0. The van der Waals surface area contributed by atoms with Gasteiger partial charge in [-0.15, -0.1) is 0 Å². The van der Waals surface area contributed by atoms with E-state index in [1.54, 1.807) is 6.26 Å². The lowest BCUT2D eigenvalue weighted by Crippen LogP contribution is -1.93. The maximum Gasteiger partial charge on any atom is 0.0875 e. The maximum atomic E-state index is 5.21. The molecule has 0 saturated carbocycles. The SMILES string of the molecule is C=C(C)/C=C/OCCC(C)C. The van der Waals surface area contributed by atoms with Crippen LogP contribution in [0.15, 0.2) is 24.5 Å². The van der Waals surface area contributed by atoms with Gasteiger partial charge in [0.1, 0.15) is 0 Å². The lowest BCUT2D eigenvalue weighted by atomic mass is 10.1. The van der Waals surface area contributed by atoms with E-state index < -0.39 is 0 Å². The molecule has 0 aromatic rings. The van der Waals surface area contributed by atoms with Crippen LogP contribution in [0.1, 0.15) is 27.2 Å². The summed E-state index contributed by atoms with van der Waals surface area (Å²) >= 11 is 0. The number of rotatable bonds is 5. The third kappa shape index (κ3) is 9.28. The molecule has 0 saturated heterocycles. The molecule has 1 heteroatoms. The predicted octanol–water partition coefficient (Wildman–Crippen LogP) is 3.14. The van der Waals surface area contributed by atoms with Crippen LogP contribution in [0.5, 0.6) is 0 Å². The molecule has 0 amide bonds. The highest BCUT2D eigenvalue weighted by Crippen LogP contribution is 1.99. The molecule has 11 heavy (non-hydrogen) atoms. The van der Waals surface area contributed by atoms with Gasteiger partial charge >= 0.3 is 0 Å². The minimum atomic E-state index is 0.716. The maximum absolute atomic E-state index is 5.21. The molecule has 0 unspecified atom stereocenters. The Labute approximate surface area is 69.8 Å². The van der Waals surface area contributed by atoms with Gasteiger partial charge in [-0.1, -0.05) is 26.0 Å². The second kappa shape index (κ2) is 6.02. The highest BCUT2D eigenvalue weighted by molar-refractivity contribution is 5.08. The Morgan fingerprint density at radius 1 is 1.55 bits per heavy atom. The third-order valence-electron chi connectivity index (χ3n) is 1.26. The summed E-state index contributed by atoms with van der Waals surface area (Å²) in [5.41, 5.74) is 1.02. The van der Waals surface area contributed by atoms with E-state index in [1.807, 2.05) is 13.0 Å². The van der Waals surface area contributed by atoms with Crippen LogP contribution in [0.25, 0.3) is 0 Å². The third-order valence-corrected chi connectivity index (χ3v) is 1.26. The average molecular weight is 154 g/mol. The van der Waals surface area contributed by atoms with Gasteiger partial charge in [-0.2, -0.15) is 0 Å². The Morgan fingerprint density at radius 2 is 2.18 bits per heavy atom. The fourth-order valence-corrected chi connectivity index (χ4v) is 0.536. The average Bonchev–Trinajstić information content (AvgIpc) is 1.85. The summed E-state index contributed by atoms with van der Waals surface area (Å²) in [4.78, 5) is 0. The first-order chi connectivity index (χ1) is 5.13. The Kier molecular flexibility index (Phi) is 5.63. The first-order valence-corrected chi connectivity index (χ1v) is 4.06. The van der Waals surface area contributed by atoms with Crippen molar-refractivity contribution in [1.29, 1.82) is 0 Å². The number of hydrogen-bond acceptors (Lipinski definition) is 1. The van der Waals surface area contributed by atoms with Crippen molar-refractivity contribution in [3.05, 3.63) is 24.5 Å². The largest absolute Gasteiger partial charge is 0.501 e. The van der Waals surface area contributed by atoms with Crippen molar-refractivity contribution in [2.45, 2.75) is 27.2 Å². The van der Waals surface area contributed by atoms with E-state index in [2.05, 4.69) is 20.4 Å². The highest BCUT2D eigenvalue weighted by Gasteiger charge is 1.90. The van der Waals surface area contributed by atoms with Crippen molar-refractivity contribution in [3.63, 3.8) is 0 Å². The molecule has 0 aliphatic rings. The van der Waals surface area contributed by atoms with E-state index in [1.165, 1.54) is 0 Å². The van der Waals surface area contributed by atoms with E-state index in [-0.39, 0.29) is 0 Å². The molecule has 0 aliphatic carbocycles. The number of ether oxygens (including phenoxy) is 1. The molecule has 0 aromatic carbocycles. The smallest absolute Gasteiger partial charge is 0.0875 e. The van der Waals surface area contributed by atoms with Crippen molar-refractivity contribution >= 4 is 0 Å². The van der Waals surface area contributed by atoms with E-state index in [9.17, 15) is 0 Å². The Morgan fingerprint density at radius 3 is 2.64 bits per heavy atom. The number of hydrogen-bond donors (Lipinski definition) is 0. The number of allylic oxidation sites excluding steroid dienone is 2. The fraction of sp³-hybridized carbons (Fsp3) is 0.600. The summed E-state index contributed by atoms with van der Waals surface area (Å²) in [7, 11) is 0. The zero-order valence-electron chi connectivity index (χ0n) is 7.76. The van der Waals surface area contributed by atoms with Crippen molar-refractivity contribution in [3.8, 4) is 0 Å². The summed E-state index contributed by atoms with van der Waals surface area (Å²) in [5.74, 6) is 0.716. The van der Waals surface area contributed by atoms with Gasteiger partial charge in [-0.05, 0) is 25.3 Å². The molecule has 0 spiro atoms. The highest BCUT2D eigenvalue weighted by atomic mass is 16.5. The van der Waals surface area contributed by atoms with Crippen LogP contribution in [-0.4, -0.2) is 6.61 Å². The minimum Gasteiger partial charge on any atom is -0.501 e. The summed E-state index contributed by atoms with van der Waals surface area (Å²) in [5, 5.41) is 0. The lowest BCUT2D eigenvalue weighted by Gasteiger charge is -2.02. The molecule has 0 fully saturated rings. The molecule has 1 nitrogen and oxygen atoms in total. The van der Waals surface area contributed by atoms with Crippen molar-refractivity contribution < 1.29 is 4.74 Å². The zero-order valence-corrected chi connectivity index (χ0v) is 7.76. The first-order valence-electron chi connectivity index (χ1n) is 4.06. The fourth-order valence-electron chi connectivity index (χ4n) is 0.536. The van der Waals surface area contributed by atoms with Gasteiger partial charge in [0.2, 0.25) is 0 Å². The molecular weight excluding hydrogens is 136 g/mol. The quantitative estimate of drug-likeness (QED) is 0.336. The van der Waals surface area contributed by atoms with Crippen LogP contribution < -0.4 is 0 Å². The monoisotopic (exact) mass is 154 g/mol. The van der Waals surface area contributed by atoms with E-state index >= 15 is 0 Å². The van der Waals surface area contributed by atoms with E-state index in [0.717, 1.165) is 18.6 Å². The Balaban J connectivity index is 3.21. The van der Waals surface area contributed by atoms with Crippen LogP contribution in [0.3, 0.4) is 0 Å². The van der Waals surface area contributed by atoms with Crippen molar-refractivity contribution in [2.75, 3.05) is 6.61 Å². The van der Waals surface area contributed by atoms with Gasteiger partial charge in [0.15, 0.2) is 0 Å². The molecule has 0 bridgehead atoms. The standard InChI is InChI=1S/C10H18O/c1-9(2)5-7-11-8-6-10(3)4/h5,7,10H,1,6,8H2,2-4H3/b7-5+. The van der Waals surface area contributed by atoms with Crippen LogP contribution in [0, 0.1) is 5.92 Å². The summed E-state index contributed by atoms with van der Waals surface area (Å²) in [6.07, 6.45) is 4.70. The van der Waals surface area contributed by atoms with E-state index in [0.29, 0.717) is 5.92 Å². The van der Waals surface area contributed by atoms with Crippen molar-refractivity contribution in [1.82, 2.24) is 0 Å². The lowest BCUT2D eigenvalue weighted by molar-refractivity contribution is 0.229. The van der Waals surface area contributed by atoms with Crippen LogP contribution in [0.4, 0.5) is 0 Å². The molecular formula is C10H18O. The molecule has 0 aromatic heterocycles. The molecule has 0 rings (SSSR count). The molecule has 0 heterocycles. The van der Waals surface area contributed by atoms with Crippen molar-refractivity contribution in [2.24, 2.45) is 5.92 Å². The van der Waals surface area contributed by atoms with Crippen LogP contribution in [-0.2, 0) is 4.74 Å². The normalized spacial score (nSPS) is 10.9. The van der Waals surface area contributed by atoms with Gasteiger partial charge in [-0.3, -0.25) is 0 Å².